The molecule has 0 aliphatic carbocycles. The molecule has 5 nitrogen and oxygen atoms in total. The Labute approximate surface area is 89.0 Å². The number of nitrogens with one attached hydrogen (secondary N) is 1. The number of aromatic nitrogens is 1. The SMILES string of the molecule is CN1CCN(c2onc3c2CNC3)CC1. The molecule has 3 rings (SSSR count). The van der Waals surface area contributed by atoms with E-state index in [1.807, 2.05) is 0 Å². The van der Waals surface area contributed by atoms with Crippen molar-refractivity contribution in [3.05, 3.63) is 11.3 Å². The van der Waals surface area contributed by atoms with Crippen LogP contribution in [-0.2, 0) is 13.1 Å². The number of hydrogen-bond donors (Lipinski definition) is 1. The first-order chi connectivity index (χ1) is 7.34. The van der Waals surface area contributed by atoms with E-state index in [1.54, 1.807) is 0 Å². The number of fused-ring (bicyclic) bond motifs is 1. The number of nitrogens with zero attached hydrogens (tertiary/aromatic N) is 3. The van der Waals surface area contributed by atoms with Gasteiger partial charge in [-0.2, -0.15) is 0 Å². The Balaban J connectivity index is 1.81. The molecule has 1 N–H and O–H groups in total. The molecule has 15 heavy (non-hydrogen) atoms. The predicted octanol–water partition coefficient (Wildman–Crippen LogP) is 0.0296. The first-order valence-electron chi connectivity index (χ1n) is 5.46. The summed E-state index contributed by atoms with van der Waals surface area (Å²) in [6.45, 7) is 6.04. The highest BCUT2D eigenvalue weighted by molar-refractivity contribution is 5.48. The molecule has 0 unspecified atom stereocenters. The Morgan fingerprint density at radius 1 is 1.20 bits per heavy atom. The van der Waals surface area contributed by atoms with E-state index < -0.39 is 0 Å². The molecule has 5 heteroatoms. The van der Waals surface area contributed by atoms with Crippen LogP contribution in [0.3, 0.4) is 0 Å². The van der Waals surface area contributed by atoms with Gasteiger partial charge >= 0.3 is 0 Å². The number of rotatable bonds is 1. The molecule has 0 atom stereocenters. The summed E-state index contributed by atoms with van der Waals surface area (Å²) < 4.78 is 5.43. The van der Waals surface area contributed by atoms with Gasteiger partial charge in [-0.3, -0.25) is 0 Å². The second-order valence-electron chi connectivity index (χ2n) is 4.31. The molecular formula is C10H16N4O. The number of anilines is 1. The molecule has 1 fully saturated rings. The molecule has 2 aliphatic rings. The van der Waals surface area contributed by atoms with Crippen LogP contribution >= 0.6 is 0 Å². The molecule has 2 aliphatic heterocycles. The van der Waals surface area contributed by atoms with Gasteiger partial charge in [0.1, 0.15) is 5.69 Å². The molecule has 1 aromatic rings. The lowest BCUT2D eigenvalue weighted by Crippen LogP contribution is -2.44. The minimum absolute atomic E-state index is 0.854. The van der Waals surface area contributed by atoms with Gasteiger partial charge in [-0.05, 0) is 7.05 Å². The monoisotopic (exact) mass is 208 g/mol. The van der Waals surface area contributed by atoms with Crippen LogP contribution < -0.4 is 10.2 Å². The van der Waals surface area contributed by atoms with Crippen molar-refractivity contribution in [1.29, 1.82) is 0 Å². The van der Waals surface area contributed by atoms with E-state index in [2.05, 4.69) is 27.3 Å². The van der Waals surface area contributed by atoms with Crippen LogP contribution in [0, 0.1) is 0 Å². The zero-order valence-corrected chi connectivity index (χ0v) is 8.99. The molecule has 82 valence electrons. The van der Waals surface area contributed by atoms with Crippen molar-refractivity contribution in [1.82, 2.24) is 15.4 Å². The molecule has 3 heterocycles. The van der Waals surface area contributed by atoms with Crippen LogP contribution in [0.25, 0.3) is 0 Å². The van der Waals surface area contributed by atoms with Crippen LogP contribution in [0.2, 0.25) is 0 Å². The van der Waals surface area contributed by atoms with Gasteiger partial charge in [0.05, 0.1) is 5.56 Å². The second kappa shape index (κ2) is 3.50. The van der Waals surface area contributed by atoms with Gasteiger partial charge < -0.3 is 19.6 Å². The quantitative estimate of drug-likeness (QED) is 0.705. The maximum atomic E-state index is 5.43. The molecular weight excluding hydrogens is 192 g/mol. The van der Waals surface area contributed by atoms with Gasteiger partial charge in [0.15, 0.2) is 0 Å². The summed E-state index contributed by atoms with van der Waals surface area (Å²) in [6, 6.07) is 0. The zero-order valence-electron chi connectivity index (χ0n) is 8.99. The maximum absolute atomic E-state index is 5.43. The Bertz CT molecular complexity index is 354. The lowest BCUT2D eigenvalue weighted by molar-refractivity contribution is 0.299. The first kappa shape index (κ1) is 9.18. The number of likely N-dealkylation sites (N-methyl/N-ethyl adjacent to an activating group) is 1. The standard InChI is InChI=1S/C10H16N4O/c1-13-2-4-14(5-3-13)10-8-6-11-7-9(8)12-15-10/h11H,2-7H2,1H3. The maximum Gasteiger partial charge on any atom is 0.232 e. The predicted molar refractivity (Wildman–Crippen MR) is 56.8 cm³/mol. The fraction of sp³-hybridized carbons (Fsp3) is 0.700. The summed E-state index contributed by atoms with van der Waals surface area (Å²) >= 11 is 0. The van der Waals surface area contributed by atoms with Crippen molar-refractivity contribution < 1.29 is 4.52 Å². The highest BCUT2D eigenvalue weighted by atomic mass is 16.5. The zero-order chi connectivity index (χ0) is 10.3. The van der Waals surface area contributed by atoms with Crippen molar-refractivity contribution >= 4 is 5.88 Å². The van der Waals surface area contributed by atoms with Crippen LogP contribution in [0.15, 0.2) is 4.52 Å². The van der Waals surface area contributed by atoms with Crippen molar-refractivity contribution in [2.75, 3.05) is 38.1 Å². The summed E-state index contributed by atoms with van der Waals surface area (Å²) in [6.07, 6.45) is 0. The van der Waals surface area contributed by atoms with E-state index in [-0.39, 0.29) is 0 Å². The van der Waals surface area contributed by atoms with Gasteiger partial charge in [-0.1, -0.05) is 5.16 Å². The summed E-state index contributed by atoms with van der Waals surface area (Å²) in [4.78, 5) is 4.64. The van der Waals surface area contributed by atoms with E-state index in [0.29, 0.717) is 0 Å². The summed E-state index contributed by atoms with van der Waals surface area (Å²) in [7, 11) is 2.16. The summed E-state index contributed by atoms with van der Waals surface area (Å²) in [5.74, 6) is 0.989. The van der Waals surface area contributed by atoms with Gasteiger partial charge in [0.25, 0.3) is 0 Å². The van der Waals surface area contributed by atoms with Crippen LogP contribution in [0.5, 0.6) is 0 Å². The van der Waals surface area contributed by atoms with Crippen LogP contribution in [-0.4, -0.2) is 43.3 Å². The fourth-order valence-electron chi connectivity index (χ4n) is 2.21. The van der Waals surface area contributed by atoms with Crippen molar-refractivity contribution in [3.63, 3.8) is 0 Å². The van der Waals surface area contributed by atoms with Gasteiger partial charge in [-0.15, -0.1) is 0 Å². The Kier molecular flexibility index (Phi) is 2.14. The minimum Gasteiger partial charge on any atom is -0.338 e. The van der Waals surface area contributed by atoms with E-state index >= 15 is 0 Å². The molecule has 0 amide bonds. The van der Waals surface area contributed by atoms with Crippen molar-refractivity contribution in [2.24, 2.45) is 0 Å². The average molecular weight is 208 g/mol. The smallest absolute Gasteiger partial charge is 0.232 e. The lowest BCUT2D eigenvalue weighted by Gasteiger charge is -2.32. The second-order valence-corrected chi connectivity index (χ2v) is 4.31. The third kappa shape index (κ3) is 1.52. The molecule has 0 saturated carbocycles. The third-order valence-corrected chi connectivity index (χ3v) is 3.23. The highest BCUT2D eigenvalue weighted by Crippen LogP contribution is 2.27. The van der Waals surface area contributed by atoms with Gasteiger partial charge in [0.2, 0.25) is 5.88 Å². The molecule has 1 saturated heterocycles. The van der Waals surface area contributed by atoms with E-state index in [9.17, 15) is 0 Å². The van der Waals surface area contributed by atoms with Gasteiger partial charge in [-0.25, -0.2) is 0 Å². The van der Waals surface area contributed by atoms with E-state index in [1.165, 1.54) is 5.56 Å². The summed E-state index contributed by atoms with van der Waals surface area (Å²) in [5.41, 5.74) is 2.35. The fourth-order valence-corrected chi connectivity index (χ4v) is 2.21. The third-order valence-electron chi connectivity index (χ3n) is 3.23. The van der Waals surface area contributed by atoms with Crippen molar-refractivity contribution in [3.8, 4) is 0 Å². The highest BCUT2D eigenvalue weighted by Gasteiger charge is 2.26. The molecule has 1 aromatic heterocycles. The molecule has 0 aromatic carbocycles. The molecule has 0 spiro atoms. The Morgan fingerprint density at radius 2 is 2.00 bits per heavy atom. The number of hydrogen-bond acceptors (Lipinski definition) is 5. The molecule has 0 radical (unpaired) electrons. The largest absolute Gasteiger partial charge is 0.338 e. The topological polar surface area (TPSA) is 44.5 Å². The minimum atomic E-state index is 0.854. The van der Waals surface area contributed by atoms with E-state index in [0.717, 1.165) is 50.8 Å². The normalized spacial score (nSPS) is 22.1. The number of piperazine rings is 1. The average Bonchev–Trinajstić information content (AvgIpc) is 2.80. The van der Waals surface area contributed by atoms with Crippen LogP contribution in [0.1, 0.15) is 11.3 Å². The summed E-state index contributed by atoms with van der Waals surface area (Å²) in [5, 5.41) is 7.39. The van der Waals surface area contributed by atoms with Crippen LogP contribution in [0.4, 0.5) is 5.88 Å². The Hall–Kier alpha value is -1.07. The van der Waals surface area contributed by atoms with Crippen molar-refractivity contribution in [2.45, 2.75) is 13.1 Å². The first-order valence-corrected chi connectivity index (χ1v) is 5.46. The molecule has 0 bridgehead atoms. The lowest BCUT2D eigenvalue weighted by atomic mass is 10.2. The van der Waals surface area contributed by atoms with Gasteiger partial charge in [0, 0.05) is 39.3 Å². The Morgan fingerprint density at radius 3 is 2.80 bits per heavy atom. The van der Waals surface area contributed by atoms with E-state index in [4.69, 9.17) is 4.52 Å².